The summed E-state index contributed by atoms with van der Waals surface area (Å²) < 4.78 is 5.99. The first kappa shape index (κ1) is 13.6. The Kier molecular flexibility index (Phi) is 3.88. The van der Waals surface area contributed by atoms with Gasteiger partial charge in [0.2, 0.25) is 0 Å². The number of esters is 1. The minimum atomic E-state index is -0.314. The van der Waals surface area contributed by atoms with Gasteiger partial charge in [0.25, 0.3) is 0 Å². The highest BCUT2D eigenvalue weighted by Gasteiger charge is 2.05. The summed E-state index contributed by atoms with van der Waals surface area (Å²) in [4.78, 5) is 11.4. The number of carbonyl (C=O) groups excluding carboxylic acids is 1. The standard InChI is InChI=1S/C17H15NO2S/c1-20-17(19)12-6-8-14(9-7-12)18-10-13-11-21-16-5-3-2-4-15(13)16/h2-9,11,18H,10H2,1H3. The summed E-state index contributed by atoms with van der Waals surface area (Å²) in [5.41, 5.74) is 2.83. The molecule has 0 bridgehead atoms. The van der Waals surface area contributed by atoms with Crippen molar-refractivity contribution in [1.82, 2.24) is 0 Å². The van der Waals surface area contributed by atoms with Crippen molar-refractivity contribution in [3.05, 3.63) is 65.0 Å². The van der Waals surface area contributed by atoms with Crippen LogP contribution in [0.1, 0.15) is 15.9 Å². The highest BCUT2D eigenvalue weighted by molar-refractivity contribution is 7.17. The zero-order valence-electron chi connectivity index (χ0n) is 11.6. The maximum absolute atomic E-state index is 11.4. The Bertz CT molecular complexity index is 762. The van der Waals surface area contributed by atoms with Crippen molar-refractivity contribution in [1.29, 1.82) is 0 Å². The number of methoxy groups -OCH3 is 1. The lowest BCUT2D eigenvalue weighted by Crippen LogP contribution is -2.02. The monoisotopic (exact) mass is 297 g/mol. The van der Waals surface area contributed by atoms with Gasteiger partial charge >= 0.3 is 5.97 Å². The molecule has 0 atom stereocenters. The van der Waals surface area contributed by atoms with Crippen LogP contribution in [0.4, 0.5) is 5.69 Å². The lowest BCUT2D eigenvalue weighted by Gasteiger charge is -2.06. The van der Waals surface area contributed by atoms with E-state index in [0.29, 0.717) is 5.56 Å². The van der Waals surface area contributed by atoms with Gasteiger partial charge in [-0.3, -0.25) is 0 Å². The summed E-state index contributed by atoms with van der Waals surface area (Å²) in [6, 6.07) is 15.7. The molecule has 0 aliphatic carbocycles. The molecule has 0 amide bonds. The summed E-state index contributed by atoms with van der Waals surface area (Å²) in [6.07, 6.45) is 0. The molecule has 0 aliphatic rings. The number of fused-ring (bicyclic) bond motifs is 1. The molecule has 1 N–H and O–H groups in total. The van der Waals surface area contributed by atoms with Crippen LogP contribution in [0.15, 0.2) is 53.9 Å². The second kappa shape index (κ2) is 5.97. The van der Waals surface area contributed by atoms with Gasteiger partial charge < -0.3 is 10.1 Å². The van der Waals surface area contributed by atoms with Gasteiger partial charge in [0.15, 0.2) is 0 Å². The number of benzene rings is 2. The maximum Gasteiger partial charge on any atom is 0.337 e. The van der Waals surface area contributed by atoms with Gasteiger partial charge in [0.1, 0.15) is 0 Å². The summed E-state index contributed by atoms with van der Waals surface area (Å²) in [5, 5.41) is 6.85. The average Bonchev–Trinajstić information content (AvgIpc) is 2.96. The van der Waals surface area contributed by atoms with Gasteiger partial charge in [-0.2, -0.15) is 0 Å². The van der Waals surface area contributed by atoms with Gasteiger partial charge in [-0.1, -0.05) is 18.2 Å². The fourth-order valence-corrected chi connectivity index (χ4v) is 3.17. The largest absolute Gasteiger partial charge is 0.465 e. The minimum Gasteiger partial charge on any atom is -0.465 e. The minimum absolute atomic E-state index is 0.314. The molecule has 3 aromatic rings. The van der Waals surface area contributed by atoms with Crippen LogP contribution in [-0.4, -0.2) is 13.1 Å². The molecule has 0 unspecified atom stereocenters. The number of anilines is 1. The smallest absolute Gasteiger partial charge is 0.337 e. The Labute approximate surface area is 127 Å². The van der Waals surface area contributed by atoms with Gasteiger partial charge in [-0.15, -0.1) is 11.3 Å². The molecule has 0 saturated heterocycles. The molecule has 0 saturated carbocycles. The average molecular weight is 297 g/mol. The van der Waals surface area contributed by atoms with E-state index in [0.717, 1.165) is 12.2 Å². The van der Waals surface area contributed by atoms with Crippen LogP contribution < -0.4 is 5.32 Å². The third-order valence-corrected chi connectivity index (χ3v) is 4.36. The lowest BCUT2D eigenvalue weighted by molar-refractivity contribution is 0.0601. The van der Waals surface area contributed by atoms with Crippen molar-refractivity contribution in [2.24, 2.45) is 0 Å². The number of nitrogens with one attached hydrogen (secondary N) is 1. The molecule has 0 aliphatic heterocycles. The number of carbonyl (C=O) groups is 1. The van der Waals surface area contributed by atoms with E-state index in [2.05, 4.69) is 39.7 Å². The van der Waals surface area contributed by atoms with Crippen LogP contribution in [0.2, 0.25) is 0 Å². The van der Waals surface area contributed by atoms with E-state index in [-0.39, 0.29) is 5.97 Å². The summed E-state index contributed by atoms with van der Waals surface area (Å²) >= 11 is 1.76. The van der Waals surface area contributed by atoms with Crippen molar-refractivity contribution in [3.63, 3.8) is 0 Å². The number of ether oxygens (including phenoxy) is 1. The molecular formula is C17H15NO2S. The van der Waals surface area contributed by atoms with Gasteiger partial charge in [0.05, 0.1) is 12.7 Å². The molecule has 4 heteroatoms. The normalized spacial score (nSPS) is 10.5. The Morgan fingerprint density at radius 2 is 1.90 bits per heavy atom. The van der Waals surface area contributed by atoms with Crippen LogP contribution in [-0.2, 0) is 11.3 Å². The number of thiophene rings is 1. The predicted octanol–water partition coefficient (Wildman–Crippen LogP) is 4.30. The molecule has 0 spiro atoms. The molecule has 21 heavy (non-hydrogen) atoms. The first-order valence-electron chi connectivity index (χ1n) is 6.65. The van der Waals surface area contributed by atoms with E-state index >= 15 is 0 Å². The Morgan fingerprint density at radius 3 is 2.67 bits per heavy atom. The molecule has 2 aromatic carbocycles. The lowest BCUT2D eigenvalue weighted by atomic mass is 10.1. The first-order chi connectivity index (χ1) is 10.3. The summed E-state index contributed by atoms with van der Waals surface area (Å²) in [6.45, 7) is 0.765. The van der Waals surface area contributed by atoms with Crippen LogP contribution in [0.3, 0.4) is 0 Å². The molecule has 3 nitrogen and oxygen atoms in total. The van der Waals surface area contributed by atoms with Crippen molar-refractivity contribution in [3.8, 4) is 0 Å². The van der Waals surface area contributed by atoms with Crippen LogP contribution in [0.25, 0.3) is 10.1 Å². The van der Waals surface area contributed by atoms with E-state index < -0.39 is 0 Å². The molecule has 1 aromatic heterocycles. The van der Waals surface area contributed by atoms with Crippen LogP contribution in [0, 0.1) is 0 Å². The van der Waals surface area contributed by atoms with Crippen molar-refractivity contribution in [2.75, 3.05) is 12.4 Å². The van der Waals surface area contributed by atoms with E-state index in [9.17, 15) is 4.79 Å². The zero-order valence-corrected chi connectivity index (χ0v) is 12.4. The van der Waals surface area contributed by atoms with E-state index in [1.54, 1.807) is 23.5 Å². The Balaban J connectivity index is 1.71. The molecule has 1 heterocycles. The van der Waals surface area contributed by atoms with Gasteiger partial charge in [0, 0.05) is 16.9 Å². The quantitative estimate of drug-likeness (QED) is 0.730. The van der Waals surface area contributed by atoms with Gasteiger partial charge in [-0.25, -0.2) is 4.79 Å². The van der Waals surface area contributed by atoms with Crippen LogP contribution in [0.5, 0.6) is 0 Å². The highest BCUT2D eigenvalue weighted by Crippen LogP contribution is 2.26. The second-order valence-corrected chi connectivity index (χ2v) is 5.59. The van der Waals surface area contributed by atoms with Crippen LogP contribution >= 0.6 is 11.3 Å². The zero-order chi connectivity index (χ0) is 14.7. The highest BCUT2D eigenvalue weighted by atomic mass is 32.1. The van der Waals surface area contributed by atoms with E-state index in [1.165, 1.54) is 22.8 Å². The number of rotatable bonds is 4. The maximum atomic E-state index is 11.4. The molecular weight excluding hydrogens is 282 g/mol. The van der Waals surface area contributed by atoms with Crippen molar-refractivity contribution in [2.45, 2.75) is 6.54 Å². The Hall–Kier alpha value is -2.33. The molecule has 106 valence electrons. The summed E-state index contributed by atoms with van der Waals surface area (Å²) in [5.74, 6) is -0.314. The van der Waals surface area contributed by atoms with E-state index in [1.807, 2.05) is 12.1 Å². The van der Waals surface area contributed by atoms with Crippen molar-refractivity contribution >= 4 is 33.1 Å². The fourth-order valence-electron chi connectivity index (χ4n) is 2.21. The SMILES string of the molecule is COC(=O)c1ccc(NCc2csc3ccccc23)cc1. The molecule has 0 fully saturated rings. The third-order valence-electron chi connectivity index (χ3n) is 3.35. The van der Waals surface area contributed by atoms with E-state index in [4.69, 9.17) is 0 Å². The summed E-state index contributed by atoms with van der Waals surface area (Å²) in [7, 11) is 1.39. The van der Waals surface area contributed by atoms with Crippen molar-refractivity contribution < 1.29 is 9.53 Å². The number of hydrogen-bond donors (Lipinski definition) is 1. The first-order valence-corrected chi connectivity index (χ1v) is 7.53. The fraction of sp³-hybridized carbons (Fsp3) is 0.118. The van der Waals surface area contributed by atoms with Gasteiger partial charge in [-0.05, 0) is 46.7 Å². The molecule has 0 radical (unpaired) electrons. The molecule has 3 rings (SSSR count). The number of hydrogen-bond acceptors (Lipinski definition) is 4. The topological polar surface area (TPSA) is 38.3 Å². The Morgan fingerprint density at radius 1 is 1.14 bits per heavy atom. The second-order valence-electron chi connectivity index (χ2n) is 4.68. The third kappa shape index (κ3) is 2.90. The predicted molar refractivity (Wildman–Crippen MR) is 86.9 cm³/mol.